The van der Waals surface area contributed by atoms with Gasteiger partial charge in [-0.1, -0.05) is 12.1 Å². The molecule has 184 valence electrons. The lowest BCUT2D eigenvalue weighted by Gasteiger charge is -2.39. The highest BCUT2D eigenvalue weighted by Gasteiger charge is 2.42. The predicted octanol–water partition coefficient (Wildman–Crippen LogP) is 5.86. The Bertz CT molecular complexity index is 1150. The average molecular weight is 491 g/mol. The first kappa shape index (κ1) is 24.2. The summed E-state index contributed by atoms with van der Waals surface area (Å²) in [6.07, 6.45) is -9.12. The van der Waals surface area contributed by atoms with Crippen LogP contribution in [0.15, 0.2) is 36.5 Å². The summed E-state index contributed by atoms with van der Waals surface area (Å²) in [6.45, 7) is 0. The molecule has 1 saturated carbocycles. The molecule has 0 amide bonds. The van der Waals surface area contributed by atoms with E-state index in [1.54, 1.807) is 12.1 Å². The van der Waals surface area contributed by atoms with Gasteiger partial charge in [0.05, 0.1) is 11.7 Å². The van der Waals surface area contributed by atoms with Crippen LogP contribution in [0.5, 0.6) is 5.75 Å². The SMILES string of the molecule is COC1(c2ccc(F)cc2)CCC(Oc2ccn3c(CC(F)(F)F)nnc3c2C(F)(F)F)CC1. The van der Waals surface area contributed by atoms with Gasteiger partial charge in [-0.3, -0.25) is 4.40 Å². The van der Waals surface area contributed by atoms with Crippen molar-refractivity contribution < 1.29 is 40.2 Å². The third kappa shape index (κ3) is 4.82. The van der Waals surface area contributed by atoms with Crippen molar-refractivity contribution in [2.24, 2.45) is 0 Å². The van der Waals surface area contributed by atoms with Crippen molar-refractivity contribution in [3.05, 3.63) is 59.3 Å². The molecular formula is C22H20F7N3O2. The molecule has 0 bridgehead atoms. The summed E-state index contributed by atoms with van der Waals surface area (Å²) in [5.74, 6) is -1.57. The second-order valence-electron chi connectivity index (χ2n) is 8.18. The highest BCUT2D eigenvalue weighted by Crippen LogP contribution is 2.44. The first-order chi connectivity index (χ1) is 15.9. The van der Waals surface area contributed by atoms with E-state index in [1.165, 1.54) is 19.2 Å². The Hall–Kier alpha value is -2.89. The molecule has 5 nitrogen and oxygen atoms in total. The number of ether oxygens (including phenoxy) is 2. The first-order valence-electron chi connectivity index (χ1n) is 10.4. The van der Waals surface area contributed by atoms with Crippen LogP contribution in [0.25, 0.3) is 5.65 Å². The molecule has 34 heavy (non-hydrogen) atoms. The number of fused-ring (bicyclic) bond motifs is 1. The number of aromatic nitrogens is 3. The van der Waals surface area contributed by atoms with Crippen molar-refractivity contribution in [3.63, 3.8) is 0 Å². The number of rotatable bonds is 5. The van der Waals surface area contributed by atoms with Gasteiger partial charge in [-0.2, -0.15) is 26.3 Å². The molecule has 0 radical (unpaired) electrons. The molecule has 12 heteroatoms. The number of hydrogen-bond donors (Lipinski definition) is 0. The van der Waals surface area contributed by atoms with Gasteiger partial charge in [0.2, 0.25) is 0 Å². The normalized spacial score (nSPS) is 21.7. The quantitative estimate of drug-likeness (QED) is 0.420. The second kappa shape index (κ2) is 8.71. The van der Waals surface area contributed by atoms with Crippen LogP contribution in [-0.2, 0) is 22.9 Å². The van der Waals surface area contributed by atoms with E-state index in [-0.39, 0.29) is 0 Å². The number of halogens is 7. The number of pyridine rings is 1. The van der Waals surface area contributed by atoms with E-state index in [9.17, 15) is 30.7 Å². The highest BCUT2D eigenvalue weighted by atomic mass is 19.4. The van der Waals surface area contributed by atoms with Crippen LogP contribution in [-0.4, -0.2) is 34.0 Å². The van der Waals surface area contributed by atoms with E-state index >= 15 is 0 Å². The van der Waals surface area contributed by atoms with E-state index in [1.807, 2.05) is 0 Å². The van der Waals surface area contributed by atoms with Gasteiger partial charge in [0.25, 0.3) is 0 Å². The number of hydrogen-bond acceptors (Lipinski definition) is 4. The van der Waals surface area contributed by atoms with Crippen molar-refractivity contribution in [1.29, 1.82) is 0 Å². The minimum Gasteiger partial charge on any atom is -0.490 e. The summed E-state index contributed by atoms with van der Waals surface area (Å²) in [5.41, 5.74) is -1.99. The summed E-state index contributed by atoms with van der Waals surface area (Å²) in [5, 5.41) is 6.68. The molecule has 1 aromatic carbocycles. The Morgan fingerprint density at radius 2 is 1.65 bits per heavy atom. The van der Waals surface area contributed by atoms with E-state index < -0.39 is 59.1 Å². The lowest BCUT2D eigenvalue weighted by molar-refractivity contribution is -0.138. The Morgan fingerprint density at radius 1 is 1.00 bits per heavy atom. The summed E-state index contributed by atoms with van der Waals surface area (Å²) in [4.78, 5) is 0. The maximum atomic E-state index is 13.9. The van der Waals surface area contributed by atoms with Crippen molar-refractivity contribution >= 4 is 5.65 Å². The van der Waals surface area contributed by atoms with Crippen molar-refractivity contribution in [1.82, 2.24) is 14.6 Å². The van der Waals surface area contributed by atoms with Crippen LogP contribution in [0.2, 0.25) is 0 Å². The molecule has 0 aliphatic heterocycles. The zero-order valence-corrected chi connectivity index (χ0v) is 17.9. The lowest BCUT2D eigenvalue weighted by atomic mass is 9.78. The van der Waals surface area contributed by atoms with Crippen molar-refractivity contribution in [3.8, 4) is 5.75 Å². The van der Waals surface area contributed by atoms with E-state index in [4.69, 9.17) is 9.47 Å². The van der Waals surface area contributed by atoms with Gasteiger partial charge in [-0.15, -0.1) is 10.2 Å². The van der Waals surface area contributed by atoms with Crippen LogP contribution in [0.4, 0.5) is 30.7 Å². The van der Waals surface area contributed by atoms with E-state index in [2.05, 4.69) is 10.2 Å². The number of alkyl halides is 6. The largest absolute Gasteiger partial charge is 0.490 e. The molecule has 0 saturated heterocycles. The molecule has 0 unspecified atom stereocenters. The topological polar surface area (TPSA) is 48.7 Å². The predicted molar refractivity (Wildman–Crippen MR) is 106 cm³/mol. The minimum absolute atomic E-state index is 0.347. The zero-order chi connectivity index (χ0) is 24.7. The summed E-state index contributed by atoms with van der Waals surface area (Å²) in [6, 6.07) is 6.83. The second-order valence-corrected chi connectivity index (χ2v) is 8.18. The fourth-order valence-corrected chi connectivity index (χ4v) is 4.37. The number of benzene rings is 1. The molecule has 1 fully saturated rings. The molecule has 1 aliphatic carbocycles. The van der Waals surface area contributed by atoms with Gasteiger partial charge < -0.3 is 9.47 Å². The maximum Gasteiger partial charge on any atom is 0.423 e. The molecule has 3 aromatic rings. The van der Waals surface area contributed by atoms with Crippen molar-refractivity contribution in [2.45, 2.75) is 56.2 Å². The van der Waals surface area contributed by atoms with E-state index in [0.717, 1.165) is 17.8 Å². The van der Waals surface area contributed by atoms with Crippen LogP contribution in [0.1, 0.15) is 42.6 Å². The Labute approximate surface area is 189 Å². The molecule has 2 heterocycles. The Balaban J connectivity index is 1.58. The monoisotopic (exact) mass is 491 g/mol. The van der Waals surface area contributed by atoms with E-state index in [0.29, 0.717) is 30.1 Å². The van der Waals surface area contributed by atoms with Crippen LogP contribution in [0, 0.1) is 5.82 Å². The Morgan fingerprint density at radius 3 is 2.21 bits per heavy atom. The first-order valence-corrected chi connectivity index (χ1v) is 10.4. The minimum atomic E-state index is -4.93. The highest BCUT2D eigenvalue weighted by molar-refractivity contribution is 5.57. The smallest absolute Gasteiger partial charge is 0.423 e. The molecule has 2 aromatic heterocycles. The Kier molecular flexibility index (Phi) is 6.21. The van der Waals surface area contributed by atoms with Gasteiger partial charge in [-0.25, -0.2) is 4.39 Å². The molecular weight excluding hydrogens is 471 g/mol. The van der Waals surface area contributed by atoms with Gasteiger partial charge >= 0.3 is 12.4 Å². The lowest BCUT2D eigenvalue weighted by Crippen LogP contribution is -2.37. The van der Waals surface area contributed by atoms with Gasteiger partial charge in [0.1, 0.15) is 29.4 Å². The average Bonchev–Trinajstić information content (AvgIpc) is 3.15. The van der Waals surface area contributed by atoms with Crippen LogP contribution >= 0.6 is 0 Å². The third-order valence-electron chi connectivity index (χ3n) is 6.05. The maximum absolute atomic E-state index is 13.9. The summed E-state index contributed by atoms with van der Waals surface area (Å²) < 4.78 is 105. The standard InChI is InChI=1S/C22H20F7N3O2/c1-33-20(13-2-4-14(23)5-3-13)9-6-15(7-10-20)34-16-8-11-32-17(12-21(24,25)26)30-31-19(32)18(16)22(27,28)29/h2-5,8,11,15H,6-7,9-10,12H2,1H3. The fourth-order valence-electron chi connectivity index (χ4n) is 4.37. The number of nitrogens with zero attached hydrogens (tertiary/aromatic N) is 3. The van der Waals surface area contributed by atoms with Crippen molar-refractivity contribution in [2.75, 3.05) is 7.11 Å². The molecule has 0 spiro atoms. The fraction of sp³-hybridized carbons (Fsp3) is 0.455. The summed E-state index contributed by atoms with van der Waals surface area (Å²) in [7, 11) is 1.52. The molecule has 0 N–H and O–H groups in total. The third-order valence-corrected chi connectivity index (χ3v) is 6.05. The zero-order valence-electron chi connectivity index (χ0n) is 17.9. The van der Waals surface area contributed by atoms with Crippen LogP contribution in [0.3, 0.4) is 0 Å². The van der Waals surface area contributed by atoms with Gasteiger partial charge in [-0.05, 0) is 49.4 Å². The van der Waals surface area contributed by atoms with Crippen LogP contribution < -0.4 is 4.74 Å². The molecule has 1 aliphatic rings. The molecule has 0 atom stereocenters. The number of methoxy groups -OCH3 is 1. The summed E-state index contributed by atoms with van der Waals surface area (Å²) >= 11 is 0. The van der Waals surface area contributed by atoms with Gasteiger partial charge in [0.15, 0.2) is 5.65 Å². The van der Waals surface area contributed by atoms with Gasteiger partial charge in [0, 0.05) is 13.3 Å². The molecule has 4 rings (SSSR count).